The van der Waals surface area contributed by atoms with Crippen LogP contribution in [0.25, 0.3) is 0 Å². The maximum Gasteiger partial charge on any atom is 0.250 e. The maximum atomic E-state index is 12.9. The van der Waals surface area contributed by atoms with Gasteiger partial charge in [0, 0.05) is 13.1 Å². The Bertz CT molecular complexity index is 601. The van der Waals surface area contributed by atoms with Crippen LogP contribution in [0, 0.1) is 5.41 Å². The second-order valence-electron chi connectivity index (χ2n) is 5.60. The van der Waals surface area contributed by atoms with Gasteiger partial charge in [-0.1, -0.05) is 13.0 Å². The van der Waals surface area contributed by atoms with Gasteiger partial charge in [0.15, 0.2) is 4.90 Å². The highest BCUT2D eigenvalue weighted by Crippen LogP contribution is 2.39. The average molecular weight is 351 g/mol. The van der Waals surface area contributed by atoms with Crippen molar-refractivity contribution in [3.63, 3.8) is 0 Å². The Morgan fingerprint density at radius 2 is 1.82 bits per heavy atom. The van der Waals surface area contributed by atoms with E-state index in [1.807, 2.05) is 6.92 Å². The van der Waals surface area contributed by atoms with Crippen LogP contribution in [0.3, 0.4) is 0 Å². The van der Waals surface area contributed by atoms with Gasteiger partial charge in [-0.05, 0) is 30.5 Å². The minimum atomic E-state index is -3.68. The van der Waals surface area contributed by atoms with Gasteiger partial charge in [-0.25, -0.2) is 8.42 Å². The van der Waals surface area contributed by atoms with Crippen molar-refractivity contribution < 1.29 is 17.9 Å². The van der Waals surface area contributed by atoms with E-state index in [1.165, 1.54) is 18.5 Å². The van der Waals surface area contributed by atoms with Crippen molar-refractivity contribution in [1.29, 1.82) is 0 Å². The summed E-state index contributed by atoms with van der Waals surface area (Å²) in [6, 6.07) is 4.94. The van der Waals surface area contributed by atoms with Crippen molar-refractivity contribution >= 4 is 22.4 Å². The summed E-state index contributed by atoms with van der Waals surface area (Å²) in [5.74, 6) is 0.575. The highest BCUT2D eigenvalue weighted by molar-refractivity contribution is 7.89. The van der Waals surface area contributed by atoms with Crippen molar-refractivity contribution in [2.75, 3.05) is 33.9 Å². The van der Waals surface area contributed by atoms with E-state index in [1.54, 1.807) is 18.2 Å². The van der Waals surface area contributed by atoms with Gasteiger partial charge < -0.3 is 15.2 Å². The average Bonchev–Trinajstić information content (AvgIpc) is 2.90. The zero-order valence-electron chi connectivity index (χ0n) is 13.0. The number of sulfonamides is 1. The molecule has 1 unspecified atom stereocenters. The van der Waals surface area contributed by atoms with Gasteiger partial charge in [-0.3, -0.25) is 0 Å². The molecule has 0 spiro atoms. The molecule has 0 bridgehead atoms. The zero-order valence-corrected chi connectivity index (χ0v) is 14.7. The standard InChI is InChI=1S/C14H22N2O4S.ClH/c1-14(9-15)7-8-16(10-14)21(17,18)13-11(19-2)5-4-6-12(13)20-3;/h4-6H,7-10,15H2,1-3H3;1H. The molecule has 0 amide bonds. The lowest BCUT2D eigenvalue weighted by Crippen LogP contribution is -2.34. The van der Waals surface area contributed by atoms with Gasteiger partial charge in [0.25, 0.3) is 0 Å². The molecule has 1 aliphatic rings. The molecule has 2 N–H and O–H groups in total. The number of rotatable bonds is 5. The Hall–Kier alpha value is -1.02. The van der Waals surface area contributed by atoms with Gasteiger partial charge in [-0.2, -0.15) is 4.31 Å². The third-order valence-corrected chi connectivity index (χ3v) is 5.91. The first-order valence-corrected chi connectivity index (χ1v) is 8.23. The third kappa shape index (κ3) is 3.32. The fraction of sp³-hybridized carbons (Fsp3) is 0.571. The molecule has 22 heavy (non-hydrogen) atoms. The van der Waals surface area contributed by atoms with Crippen molar-refractivity contribution in [3.05, 3.63) is 18.2 Å². The van der Waals surface area contributed by atoms with Crippen LogP contribution >= 0.6 is 12.4 Å². The second-order valence-corrected chi connectivity index (χ2v) is 7.47. The Balaban J connectivity index is 0.00000242. The molecule has 126 valence electrons. The number of halogens is 1. The highest BCUT2D eigenvalue weighted by atomic mass is 35.5. The third-order valence-electron chi connectivity index (χ3n) is 4.00. The molecule has 1 aliphatic heterocycles. The van der Waals surface area contributed by atoms with E-state index in [9.17, 15) is 8.42 Å². The summed E-state index contributed by atoms with van der Waals surface area (Å²) in [6.45, 7) is 3.33. The largest absolute Gasteiger partial charge is 0.495 e. The Kier molecular flexibility index (Phi) is 6.09. The molecular weight excluding hydrogens is 328 g/mol. The predicted molar refractivity (Wildman–Crippen MR) is 87.3 cm³/mol. The minimum Gasteiger partial charge on any atom is -0.495 e. The monoisotopic (exact) mass is 350 g/mol. The van der Waals surface area contributed by atoms with Crippen molar-refractivity contribution in [2.24, 2.45) is 11.1 Å². The molecule has 1 atom stereocenters. The number of nitrogens with two attached hydrogens (primary N) is 1. The Morgan fingerprint density at radius 3 is 2.23 bits per heavy atom. The van der Waals surface area contributed by atoms with Gasteiger partial charge in [0.2, 0.25) is 10.0 Å². The molecule has 2 rings (SSSR count). The first kappa shape index (κ1) is 19.0. The van der Waals surface area contributed by atoms with E-state index in [-0.39, 0.29) is 34.2 Å². The van der Waals surface area contributed by atoms with Crippen LogP contribution in [0.1, 0.15) is 13.3 Å². The molecular formula is C14H23ClN2O4S. The minimum absolute atomic E-state index is 0. The van der Waals surface area contributed by atoms with Gasteiger partial charge >= 0.3 is 0 Å². The summed E-state index contributed by atoms with van der Waals surface area (Å²) in [4.78, 5) is 0.0799. The molecule has 1 fully saturated rings. The molecule has 6 nitrogen and oxygen atoms in total. The highest BCUT2D eigenvalue weighted by Gasteiger charge is 2.41. The number of hydrogen-bond acceptors (Lipinski definition) is 5. The van der Waals surface area contributed by atoms with Crippen LogP contribution in [0.15, 0.2) is 23.1 Å². The molecule has 0 radical (unpaired) electrons. The zero-order chi connectivity index (χ0) is 15.7. The topological polar surface area (TPSA) is 81.9 Å². The van der Waals surface area contributed by atoms with E-state index < -0.39 is 10.0 Å². The molecule has 1 aromatic carbocycles. The summed E-state index contributed by atoms with van der Waals surface area (Å²) in [5.41, 5.74) is 5.58. The molecule has 0 aliphatic carbocycles. The number of hydrogen-bond donors (Lipinski definition) is 1. The van der Waals surface area contributed by atoms with Crippen LogP contribution in [-0.2, 0) is 10.0 Å². The molecule has 1 heterocycles. The smallest absolute Gasteiger partial charge is 0.250 e. The summed E-state index contributed by atoms with van der Waals surface area (Å²) in [7, 11) is -0.785. The first-order chi connectivity index (χ1) is 9.88. The van der Waals surface area contributed by atoms with Gasteiger partial charge in [-0.15, -0.1) is 12.4 Å². The van der Waals surface area contributed by atoms with Crippen molar-refractivity contribution in [3.8, 4) is 11.5 Å². The molecule has 8 heteroatoms. The summed E-state index contributed by atoms with van der Waals surface area (Å²) in [5, 5.41) is 0. The number of benzene rings is 1. The maximum absolute atomic E-state index is 12.9. The summed E-state index contributed by atoms with van der Waals surface area (Å²) in [6.07, 6.45) is 0.750. The van der Waals surface area contributed by atoms with E-state index in [0.29, 0.717) is 19.6 Å². The normalized spacial score (nSPS) is 22.2. The molecule has 1 saturated heterocycles. The summed E-state index contributed by atoms with van der Waals surface area (Å²) >= 11 is 0. The van der Waals surface area contributed by atoms with Crippen molar-refractivity contribution in [1.82, 2.24) is 4.31 Å². The molecule has 0 saturated carbocycles. The first-order valence-electron chi connectivity index (χ1n) is 6.79. The Morgan fingerprint density at radius 1 is 1.27 bits per heavy atom. The Labute approximate surface area is 138 Å². The van der Waals surface area contributed by atoms with Gasteiger partial charge in [0.1, 0.15) is 11.5 Å². The number of ether oxygens (including phenoxy) is 2. The number of nitrogens with zero attached hydrogens (tertiary/aromatic N) is 1. The van der Waals surface area contributed by atoms with E-state index in [2.05, 4.69) is 0 Å². The van der Waals surface area contributed by atoms with E-state index in [4.69, 9.17) is 15.2 Å². The quantitative estimate of drug-likeness (QED) is 0.869. The van der Waals surface area contributed by atoms with Crippen LogP contribution in [-0.4, -0.2) is 46.6 Å². The molecule has 0 aromatic heterocycles. The SMILES string of the molecule is COc1cccc(OC)c1S(=O)(=O)N1CCC(C)(CN)C1.Cl. The van der Waals surface area contributed by atoms with Crippen LogP contribution in [0.2, 0.25) is 0 Å². The van der Waals surface area contributed by atoms with Crippen LogP contribution in [0.4, 0.5) is 0 Å². The predicted octanol–water partition coefficient (Wildman–Crippen LogP) is 1.48. The lowest BCUT2D eigenvalue weighted by molar-refractivity contribution is 0.344. The lowest BCUT2D eigenvalue weighted by Gasteiger charge is -2.23. The fourth-order valence-electron chi connectivity index (χ4n) is 2.55. The van der Waals surface area contributed by atoms with Gasteiger partial charge in [0.05, 0.1) is 14.2 Å². The number of methoxy groups -OCH3 is 2. The van der Waals surface area contributed by atoms with Crippen LogP contribution in [0.5, 0.6) is 11.5 Å². The fourth-order valence-corrected chi connectivity index (χ4v) is 4.43. The lowest BCUT2D eigenvalue weighted by atomic mass is 9.90. The summed E-state index contributed by atoms with van der Waals surface area (Å²) < 4.78 is 37.7. The van der Waals surface area contributed by atoms with Crippen LogP contribution < -0.4 is 15.2 Å². The van der Waals surface area contributed by atoms with Crippen molar-refractivity contribution in [2.45, 2.75) is 18.2 Å². The molecule has 1 aromatic rings. The second kappa shape index (κ2) is 7.04. The van der Waals surface area contributed by atoms with E-state index in [0.717, 1.165) is 6.42 Å². The van der Waals surface area contributed by atoms with E-state index >= 15 is 0 Å².